The molecule has 0 bridgehead atoms. The highest BCUT2D eigenvalue weighted by molar-refractivity contribution is 7.92. The topological polar surface area (TPSA) is 75.7 Å². The maximum atomic E-state index is 12.7. The molecule has 0 aliphatic heterocycles. The third-order valence-electron chi connectivity index (χ3n) is 3.78. The van der Waals surface area contributed by atoms with E-state index >= 15 is 0 Å². The van der Waals surface area contributed by atoms with Crippen LogP contribution in [0.3, 0.4) is 0 Å². The molecule has 2 rings (SSSR count). The second-order valence-electron chi connectivity index (χ2n) is 6.02. The lowest BCUT2D eigenvalue weighted by molar-refractivity contribution is 0.0784. The van der Waals surface area contributed by atoms with E-state index in [1.54, 1.807) is 51.4 Å². The number of nitrogens with one attached hydrogen (secondary N) is 1. The summed E-state index contributed by atoms with van der Waals surface area (Å²) in [6.07, 6.45) is 1.07. The molecule has 140 valence electrons. The highest BCUT2D eigenvalue weighted by atomic mass is 35.5. The molecule has 2 aromatic rings. The summed E-state index contributed by atoms with van der Waals surface area (Å²) in [7, 11) is -0.219. The number of aryl methyl sites for hydroxylation is 1. The first-order valence-electron chi connectivity index (χ1n) is 7.77. The van der Waals surface area contributed by atoms with Gasteiger partial charge < -0.3 is 9.64 Å². The SMILES string of the molecule is COc1ccc(Cl)cc1CN(C)C(=O)c1ccc(C)c(NS(C)(=O)=O)c1. The van der Waals surface area contributed by atoms with Gasteiger partial charge in [-0.2, -0.15) is 0 Å². The molecule has 1 amide bonds. The third-order valence-corrected chi connectivity index (χ3v) is 4.60. The van der Waals surface area contributed by atoms with Gasteiger partial charge in [0, 0.05) is 29.7 Å². The van der Waals surface area contributed by atoms with Crippen molar-refractivity contribution in [3.05, 3.63) is 58.1 Å². The lowest BCUT2D eigenvalue weighted by Gasteiger charge is -2.20. The molecule has 0 aromatic heterocycles. The van der Waals surface area contributed by atoms with Crippen LogP contribution in [0.4, 0.5) is 5.69 Å². The Hall–Kier alpha value is -2.25. The predicted molar refractivity (Wildman–Crippen MR) is 103 cm³/mol. The fraction of sp³-hybridized carbons (Fsp3) is 0.278. The molecule has 0 atom stereocenters. The van der Waals surface area contributed by atoms with Gasteiger partial charge in [-0.3, -0.25) is 9.52 Å². The lowest BCUT2D eigenvalue weighted by atomic mass is 10.1. The van der Waals surface area contributed by atoms with Crippen LogP contribution in [-0.4, -0.2) is 39.6 Å². The van der Waals surface area contributed by atoms with Crippen LogP contribution in [0.15, 0.2) is 36.4 Å². The molecule has 0 saturated heterocycles. The van der Waals surface area contributed by atoms with Crippen molar-refractivity contribution in [3.63, 3.8) is 0 Å². The largest absolute Gasteiger partial charge is 0.496 e. The Balaban J connectivity index is 2.26. The van der Waals surface area contributed by atoms with Crippen molar-refractivity contribution < 1.29 is 17.9 Å². The Morgan fingerprint density at radius 2 is 1.92 bits per heavy atom. The minimum atomic E-state index is -3.43. The predicted octanol–water partition coefficient (Wildman–Crippen LogP) is 3.30. The highest BCUT2D eigenvalue weighted by Gasteiger charge is 2.16. The number of halogens is 1. The molecule has 6 nitrogen and oxygen atoms in total. The molecule has 0 unspecified atom stereocenters. The summed E-state index contributed by atoms with van der Waals surface area (Å²) in [6, 6.07) is 10.1. The minimum absolute atomic E-state index is 0.247. The van der Waals surface area contributed by atoms with Gasteiger partial charge in [-0.15, -0.1) is 0 Å². The van der Waals surface area contributed by atoms with E-state index in [1.807, 2.05) is 0 Å². The van der Waals surface area contributed by atoms with Crippen molar-refractivity contribution in [1.29, 1.82) is 0 Å². The van der Waals surface area contributed by atoms with Gasteiger partial charge in [0.1, 0.15) is 5.75 Å². The van der Waals surface area contributed by atoms with Crippen LogP contribution in [-0.2, 0) is 16.6 Å². The standard InChI is InChI=1S/C18H21ClN2O4S/c1-12-5-6-13(10-16(12)20-26(4,23)24)18(22)21(2)11-14-9-15(19)7-8-17(14)25-3/h5-10,20H,11H2,1-4H3. The quantitative estimate of drug-likeness (QED) is 0.812. The van der Waals surface area contributed by atoms with Crippen molar-refractivity contribution >= 4 is 33.2 Å². The molecular weight excluding hydrogens is 376 g/mol. The monoisotopic (exact) mass is 396 g/mol. The number of hydrogen-bond donors (Lipinski definition) is 1. The van der Waals surface area contributed by atoms with Crippen LogP contribution in [0.2, 0.25) is 5.02 Å². The molecule has 26 heavy (non-hydrogen) atoms. The molecule has 0 aliphatic carbocycles. The maximum absolute atomic E-state index is 12.7. The molecular formula is C18H21ClN2O4S. The summed E-state index contributed by atoms with van der Waals surface area (Å²) >= 11 is 6.03. The van der Waals surface area contributed by atoms with Crippen molar-refractivity contribution in [1.82, 2.24) is 4.90 Å². The Morgan fingerprint density at radius 3 is 2.54 bits per heavy atom. The number of anilines is 1. The summed E-state index contributed by atoms with van der Waals surface area (Å²) in [5.74, 6) is 0.390. The number of amides is 1. The molecule has 1 N–H and O–H groups in total. The number of methoxy groups -OCH3 is 1. The van der Waals surface area contributed by atoms with E-state index in [9.17, 15) is 13.2 Å². The minimum Gasteiger partial charge on any atom is -0.496 e. The highest BCUT2D eigenvalue weighted by Crippen LogP contribution is 2.25. The number of rotatable bonds is 6. The van der Waals surface area contributed by atoms with E-state index in [0.717, 1.165) is 17.4 Å². The van der Waals surface area contributed by atoms with Crippen molar-refractivity contribution in [2.45, 2.75) is 13.5 Å². The van der Waals surface area contributed by atoms with Gasteiger partial charge in [-0.05, 0) is 42.8 Å². The first-order valence-corrected chi connectivity index (χ1v) is 10.0. The number of benzene rings is 2. The van der Waals surface area contributed by atoms with Crippen molar-refractivity contribution in [2.24, 2.45) is 0 Å². The van der Waals surface area contributed by atoms with Crippen molar-refractivity contribution in [3.8, 4) is 5.75 Å². The lowest BCUT2D eigenvalue weighted by Crippen LogP contribution is -2.26. The number of carbonyl (C=O) groups is 1. The summed E-state index contributed by atoms with van der Waals surface area (Å²) in [4.78, 5) is 14.3. The Kier molecular flexibility index (Phi) is 6.15. The van der Waals surface area contributed by atoms with E-state index in [1.165, 1.54) is 11.0 Å². The van der Waals surface area contributed by atoms with E-state index in [0.29, 0.717) is 28.6 Å². The summed E-state index contributed by atoms with van der Waals surface area (Å²) in [6.45, 7) is 2.06. The average Bonchev–Trinajstić information content (AvgIpc) is 2.55. The Bertz CT molecular complexity index is 929. The van der Waals surface area contributed by atoms with Crippen LogP contribution < -0.4 is 9.46 Å². The van der Waals surface area contributed by atoms with Gasteiger partial charge in [0.15, 0.2) is 0 Å². The van der Waals surface area contributed by atoms with Crippen LogP contribution in [0.1, 0.15) is 21.5 Å². The zero-order valence-electron chi connectivity index (χ0n) is 15.0. The zero-order chi connectivity index (χ0) is 19.5. The first kappa shape index (κ1) is 20.1. The Labute approximate surface area is 158 Å². The van der Waals surface area contributed by atoms with Gasteiger partial charge in [0.25, 0.3) is 5.91 Å². The molecule has 8 heteroatoms. The van der Waals surface area contributed by atoms with Crippen LogP contribution >= 0.6 is 11.6 Å². The van der Waals surface area contributed by atoms with E-state index < -0.39 is 10.0 Å². The smallest absolute Gasteiger partial charge is 0.253 e. The van der Waals surface area contributed by atoms with Gasteiger partial charge in [0.05, 0.1) is 19.1 Å². The molecule has 0 radical (unpaired) electrons. The summed E-state index contributed by atoms with van der Waals surface area (Å²) < 4.78 is 30.7. The van der Waals surface area contributed by atoms with E-state index in [-0.39, 0.29) is 5.91 Å². The number of sulfonamides is 1. The third kappa shape index (κ3) is 5.12. The molecule has 0 aliphatic rings. The van der Waals surface area contributed by atoms with Gasteiger partial charge in [0.2, 0.25) is 10.0 Å². The maximum Gasteiger partial charge on any atom is 0.253 e. The fourth-order valence-corrected chi connectivity index (χ4v) is 3.30. The number of hydrogen-bond acceptors (Lipinski definition) is 4. The Morgan fingerprint density at radius 1 is 1.23 bits per heavy atom. The van der Waals surface area contributed by atoms with Crippen LogP contribution in [0.25, 0.3) is 0 Å². The van der Waals surface area contributed by atoms with Crippen LogP contribution in [0, 0.1) is 6.92 Å². The molecule has 0 spiro atoms. The van der Waals surface area contributed by atoms with E-state index in [2.05, 4.69) is 4.72 Å². The average molecular weight is 397 g/mol. The van der Waals surface area contributed by atoms with Gasteiger partial charge in [-0.1, -0.05) is 17.7 Å². The number of carbonyl (C=O) groups excluding carboxylic acids is 1. The summed E-state index contributed by atoms with van der Waals surface area (Å²) in [5, 5.41) is 0.552. The fourth-order valence-electron chi connectivity index (χ4n) is 2.48. The molecule has 0 saturated carbocycles. The van der Waals surface area contributed by atoms with Crippen LogP contribution in [0.5, 0.6) is 5.75 Å². The number of nitrogens with zero attached hydrogens (tertiary/aromatic N) is 1. The second-order valence-corrected chi connectivity index (χ2v) is 8.21. The van der Waals surface area contributed by atoms with Gasteiger partial charge in [-0.25, -0.2) is 8.42 Å². The summed E-state index contributed by atoms with van der Waals surface area (Å²) in [5.41, 5.74) is 2.26. The molecule has 0 fully saturated rings. The number of ether oxygens (including phenoxy) is 1. The second kappa shape index (κ2) is 7.97. The first-order chi connectivity index (χ1) is 12.1. The van der Waals surface area contributed by atoms with Gasteiger partial charge >= 0.3 is 0 Å². The molecule has 2 aromatic carbocycles. The zero-order valence-corrected chi connectivity index (χ0v) is 16.6. The van der Waals surface area contributed by atoms with Crippen molar-refractivity contribution in [2.75, 3.05) is 25.1 Å². The normalized spacial score (nSPS) is 11.1. The molecule has 0 heterocycles. The van der Waals surface area contributed by atoms with E-state index in [4.69, 9.17) is 16.3 Å².